The van der Waals surface area contributed by atoms with Crippen LogP contribution in [0.15, 0.2) is 4.99 Å². The highest BCUT2D eigenvalue weighted by Gasteiger charge is 2.05. The van der Waals surface area contributed by atoms with Crippen molar-refractivity contribution in [3.05, 3.63) is 0 Å². The van der Waals surface area contributed by atoms with Crippen LogP contribution >= 0.6 is 0 Å². The van der Waals surface area contributed by atoms with E-state index in [-0.39, 0.29) is 6.17 Å². The van der Waals surface area contributed by atoms with Gasteiger partial charge in [-0.2, -0.15) is 0 Å². The monoisotopic (exact) mass is 129 g/mol. The van der Waals surface area contributed by atoms with Crippen molar-refractivity contribution in [1.82, 2.24) is 10.4 Å². The number of aliphatic imine (C=N–C) groups is 1. The van der Waals surface area contributed by atoms with Gasteiger partial charge in [0.05, 0.1) is 0 Å². The molecule has 0 aromatic carbocycles. The van der Waals surface area contributed by atoms with Crippen molar-refractivity contribution in [2.75, 3.05) is 14.1 Å². The lowest BCUT2D eigenvalue weighted by Crippen LogP contribution is -2.38. The molecule has 0 aromatic heterocycles. The van der Waals surface area contributed by atoms with Crippen molar-refractivity contribution in [1.29, 1.82) is 0 Å². The highest BCUT2D eigenvalue weighted by Crippen LogP contribution is 1.96. The van der Waals surface area contributed by atoms with Gasteiger partial charge < -0.3 is 0 Å². The van der Waals surface area contributed by atoms with Gasteiger partial charge in [-0.1, -0.05) is 6.92 Å². The first-order valence-electron chi connectivity index (χ1n) is 3.12. The van der Waals surface area contributed by atoms with Crippen molar-refractivity contribution in [2.24, 2.45) is 4.99 Å². The van der Waals surface area contributed by atoms with E-state index in [0.29, 0.717) is 0 Å². The molecule has 0 spiro atoms. The zero-order valence-corrected chi connectivity index (χ0v) is 6.39. The standard InChI is InChI=1S/C6H15N3/c1-5-6(7-2)9(4)8-3/h6,8H,2,5H2,1,3-4H3. The van der Waals surface area contributed by atoms with Gasteiger partial charge in [-0.15, -0.1) is 0 Å². The second-order valence-corrected chi connectivity index (χ2v) is 1.91. The van der Waals surface area contributed by atoms with Gasteiger partial charge in [-0.3, -0.25) is 10.4 Å². The Morgan fingerprint density at radius 2 is 2.33 bits per heavy atom. The van der Waals surface area contributed by atoms with E-state index < -0.39 is 0 Å². The molecule has 0 bridgehead atoms. The molecule has 0 saturated carbocycles. The Kier molecular flexibility index (Phi) is 4.26. The summed E-state index contributed by atoms with van der Waals surface area (Å²) in [4.78, 5) is 3.89. The Morgan fingerprint density at radius 1 is 1.78 bits per heavy atom. The van der Waals surface area contributed by atoms with Crippen LogP contribution in [0.4, 0.5) is 0 Å². The number of hydrogen-bond donors (Lipinski definition) is 1. The zero-order chi connectivity index (χ0) is 7.28. The first kappa shape index (κ1) is 8.59. The highest BCUT2D eigenvalue weighted by atomic mass is 15.5. The van der Waals surface area contributed by atoms with Crippen LogP contribution in [0, 0.1) is 0 Å². The molecule has 0 aliphatic heterocycles. The lowest BCUT2D eigenvalue weighted by molar-refractivity contribution is 0.183. The van der Waals surface area contributed by atoms with Gasteiger partial charge in [-0.05, 0) is 20.2 Å². The van der Waals surface area contributed by atoms with E-state index in [2.05, 4.69) is 24.1 Å². The summed E-state index contributed by atoms with van der Waals surface area (Å²) in [5.41, 5.74) is 2.97. The minimum Gasteiger partial charge on any atom is -0.281 e. The molecule has 0 aromatic rings. The Balaban J connectivity index is 3.63. The molecule has 0 rings (SSSR count). The van der Waals surface area contributed by atoms with Crippen LogP contribution in [0.25, 0.3) is 0 Å². The van der Waals surface area contributed by atoms with E-state index in [9.17, 15) is 0 Å². The van der Waals surface area contributed by atoms with Gasteiger partial charge >= 0.3 is 0 Å². The average Bonchev–Trinajstić information content (AvgIpc) is 1.90. The lowest BCUT2D eigenvalue weighted by atomic mass is 10.4. The van der Waals surface area contributed by atoms with Gasteiger partial charge in [0, 0.05) is 7.05 Å². The molecule has 0 aliphatic carbocycles. The van der Waals surface area contributed by atoms with Crippen LogP contribution in [-0.2, 0) is 0 Å². The van der Waals surface area contributed by atoms with Crippen molar-refractivity contribution in [3.8, 4) is 0 Å². The SMILES string of the molecule is C=NC(CC)N(C)NC. The number of nitrogens with zero attached hydrogens (tertiary/aromatic N) is 2. The zero-order valence-electron chi connectivity index (χ0n) is 6.39. The topological polar surface area (TPSA) is 27.6 Å². The molecule has 3 heteroatoms. The van der Waals surface area contributed by atoms with Crippen LogP contribution in [0.2, 0.25) is 0 Å². The fraction of sp³-hybridized carbons (Fsp3) is 0.833. The first-order valence-corrected chi connectivity index (χ1v) is 3.12. The first-order chi connectivity index (χ1) is 4.26. The largest absolute Gasteiger partial charge is 0.281 e. The smallest absolute Gasteiger partial charge is 0.113 e. The molecule has 0 aliphatic rings. The van der Waals surface area contributed by atoms with Gasteiger partial charge in [0.25, 0.3) is 0 Å². The Morgan fingerprint density at radius 3 is 2.44 bits per heavy atom. The summed E-state index contributed by atoms with van der Waals surface area (Å²) in [5.74, 6) is 0. The summed E-state index contributed by atoms with van der Waals surface area (Å²) in [6.45, 7) is 5.55. The molecule has 1 unspecified atom stereocenters. The molecule has 1 atom stereocenters. The number of hydrogen-bond acceptors (Lipinski definition) is 3. The number of nitrogens with one attached hydrogen (secondary N) is 1. The summed E-state index contributed by atoms with van der Waals surface area (Å²) >= 11 is 0. The second kappa shape index (κ2) is 4.47. The Labute approximate surface area is 56.7 Å². The third-order valence-corrected chi connectivity index (χ3v) is 1.38. The van der Waals surface area contributed by atoms with Crippen molar-refractivity contribution in [2.45, 2.75) is 19.5 Å². The van der Waals surface area contributed by atoms with E-state index in [1.807, 2.05) is 19.1 Å². The molecule has 0 saturated heterocycles. The van der Waals surface area contributed by atoms with Gasteiger partial charge in [0.1, 0.15) is 6.17 Å². The van der Waals surface area contributed by atoms with E-state index >= 15 is 0 Å². The van der Waals surface area contributed by atoms with E-state index in [4.69, 9.17) is 0 Å². The second-order valence-electron chi connectivity index (χ2n) is 1.91. The maximum atomic E-state index is 3.89. The van der Waals surface area contributed by atoms with Crippen LogP contribution in [-0.4, -0.2) is 32.0 Å². The molecule has 3 nitrogen and oxygen atoms in total. The summed E-state index contributed by atoms with van der Waals surface area (Å²) < 4.78 is 0. The molecule has 9 heavy (non-hydrogen) atoms. The third kappa shape index (κ3) is 2.58. The van der Waals surface area contributed by atoms with E-state index in [1.165, 1.54) is 0 Å². The molecule has 0 radical (unpaired) electrons. The lowest BCUT2D eigenvalue weighted by Gasteiger charge is -2.21. The van der Waals surface area contributed by atoms with Crippen molar-refractivity contribution in [3.63, 3.8) is 0 Å². The third-order valence-electron chi connectivity index (χ3n) is 1.38. The fourth-order valence-corrected chi connectivity index (χ4v) is 0.674. The highest BCUT2D eigenvalue weighted by molar-refractivity contribution is 5.23. The summed E-state index contributed by atoms with van der Waals surface area (Å²) in [6, 6.07) is 0. The van der Waals surface area contributed by atoms with Crippen LogP contribution in [0.1, 0.15) is 13.3 Å². The molecule has 1 N–H and O–H groups in total. The molecular weight excluding hydrogens is 114 g/mol. The quantitative estimate of drug-likeness (QED) is 0.442. The van der Waals surface area contributed by atoms with E-state index in [1.54, 1.807) is 0 Å². The normalized spacial score (nSPS) is 13.8. The van der Waals surface area contributed by atoms with Gasteiger partial charge in [0.2, 0.25) is 0 Å². The Bertz CT molecular complexity index is 82.4. The Hall–Kier alpha value is -0.410. The number of rotatable bonds is 4. The van der Waals surface area contributed by atoms with Gasteiger partial charge in [0.15, 0.2) is 0 Å². The van der Waals surface area contributed by atoms with Crippen LogP contribution in [0.3, 0.4) is 0 Å². The minimum atomic E-state index is 0.204. The molecule has 0 fully saturated rings. The number of hydrazine groups is 1. The fourth-order valence-electron chi connectivity index (χ4n) is 0.674. The molecule has 54 valence electrons. The van der Waals surface area contributed by atoms with Crippen LogP contribution in [0.5, 0.6) is 0 Å². The average molecular weight is 129 g/mol. The summed E-state index contributed by atoms with van der Waals surface area (Å²) in [5, 5.41) is 1.92. The summed E-state index contributed by atoms with van der Waals surface area (Å²) in [6.07, 6.45) is 1.19. The predicted molar refractivity (Wildman–Crippen MR) is 40.5 cm³/mol. The van der Waals surface area contributed by atoms with Gasteiger partial charge in [-0.25, -0.2) is 5.01 Å². The molecule has 0 amide bonds. The van der Waals surface area contributed by atoms with Crippen molar-refractivity contribution >= 4 is 6.72 Å². The van der Waals surface area contributed by atoms with Crippen LogP contribution < -0.4 is 5.43 Å². The van der Waals surface area contributed by atoms with E-state index in [0.717, 1.165) is 6.42 Å². The summed E-state index contributed by atoms with van der Waals surface area (Å²) in [7, 11) is 3.82. The minimum absolute atomic E-state index is 0.204. The van der Waals surface area contributed by atoms with Crippen molar-refractivity contribution < 1.29 is 0 Å². The predicted octanol–water partition coefficient (Wildman–Crippen LogP) is 0.489. The molecular formula is C6H15N3. The maximum Gasteiger partial charge on any atom is 0.113 e. The maximum absolute atomic E-state index is 3.89. The molecule has 0 heterocycles.